The second-order valence-corrected chi connectivity index (χ2v) is 3.97. The molecule has 0 fully saturated rings. The van der Waals surface area contributed by atoms with Gasteiger partial charge >= 0.3 is 0 Å². The molecule has 0 aliphatic rings. The van der Waals surface area contributed by atoms with E-state index in [0.29, 0.717) is 0 Å². The highest BCUT2D eigenvalue weighted by atomic mass is 16.3. The molecule has 2 N–H and O–H groups in total. The summed E-state index contributed by atoms with van der Waals surface area (Å²) in [5.74, 6) is 2.59. The normalized spacial score (nSPS) is 13.5. The van der Waals surface area contributed by atoms with Crippen LogP contribution in [0.25, 0.3) is 0 Å². The van der Waals surface area contributed by atoms with Crippen LogP contribution in [0.2, 0.25) is 0 Å². The summed E-state index contributed by atoms with van der Waals surface area (Å²) in [7, 11) is 0. The molecule has 0 bridgehead atoms. The van der Waals surface area contributed by atoms with Gasteiger partial charge in [-0.05, 0) is 31.4 Å². The third kappa shape index (κ3) is 2.88. The van der Waals surface area contributed by atoms with Crippen molar-refractivity contribution in [3.63, 3.8) is 0 Å². The van der Waals surface area contributed by atoms with E-state index in [9.17, 15) is 0 Å². The van der Waals surface area contributed by atoms with Crippen LogP contribution < -0.4 is 5.73 Å². The van der Waals surface area contributed by atoms with Crippen molar-refractivity contribution in [3.8, 4) is 0 Å². The highest BCUT2D eigenvalue weighted by molar-refractivity contribution is 5.09. The van der Waals surface area contributed by atoms with Crippen LogP contribution >= 0.6 is 0 Å². The van der Waals surface area contributed by atoms with Gasteiger partial charge in [-0.15, -0.1) is 0 Å². The lowest BCUT2D eigenvalue weighted by molar-refractivity contribution is 0.366. The van der Waals surface area contributed by atoms with Crippen molar-refractivity contribution in [2.45, 2.75) is 46.1 Å². The summed E-state index contributed by atoms with van der Waals surface area (Å²) in [6.45, 7) is 6.38. The maximum absolute atomic E-state index is 6.07. The number of nitrogens with two attached hydrogens (primary N) is 1. The molecule has 1 heterocycles. The van der Waals surface area contributed by atoms with E-state index in [1.807, 2.05) is 19.1 Å². The number of hydrogen-bond acceptors (Lipinski definition) is 2. The molecule has 1 unspecified atom stereocenters. The van der Waals surface area contributed by atoms with Crippen LogP contribution in [0.15, 0.2) is 16.5 Å². The van der Waals surface area contributed by atoms with Crippen molar-refractivity contribution in [2.24, 2.45) is 11.7 Å². The molecule has 0 saturated carbocycles. The van der Waals surface area contributed by atoms with E-state index in [2.05, 4.69) is 13.8 Å². The minimum atomic E-state index is 0.0635. The Kier molecular flexibility index (Phi) is 4.21. The van der Waals surface area contributed by atoms with Crippen LogP contribution in [-0.2, 0) is 0 Å². The van der Waals surface area contributed by atoms with E-state index >= 15 is 0 Å². The molecule has 1 aromatic heterocycles. The van der Waals surface area contributed by atoms with Gasteiger partial charge in [-0.25, -0.2) is 0 Å². The quantitative estimate of drug-likeness (QED) is 0.782. The second-order valence-electron chi connectivity index (χ2n) is 3.97. The fourth-order valence-electron chi connectivity index (χ4n) is 1.75. The lowest BCUT2D eigenvalue weighted by Gasteiger charge is -2.16. The highest BCUT2D eigenvalue weighted by Crippen LogP contribution is 2.24. The SMILES string of the molecule is CCC(CC)CC(N)c1ccc(C)o1. The van der Waals surface area contributed by atoms with E-state index in [4.69, 9.17) is 10.2 Å². The van der Waals surface area contributed by atoms with Gasteiger partial charge < -0.3 is 10.2 Å². The lowest BCUT2D eigenvalue weighted by Crippen LogP contribution is -2.14. The van der Waals surface area contributed by atoms with Crippen molar-refractivity contribution < 1.29 is 4.42 Å². The summed E-state index contributed by atoms with van der Waals surface area (Å²) in [6.07, 6.45) is 3.42. The summed E-state index contributed by atoms with van der Waals surface area (Å²) in [5, 5.41) is 0. The van der Waals surface area contributed by atoms with Gasteiger partial charge in [0, 0.05) is 0 Å². The van der Waals surface area contributed by atoms with Crippen molar-refractivity contribution in [1.29, 1.82) is 0 Å². The molecule has 80 valence electrons. The van der Waals surface area contributed by atoms with Gasteiger partial charge in [-0.3, -0.25) is 0 Å². The first-order valence-electron chi connectivity index (χ1n) is 5.49. The summed E-state index contributed by atoms with van der Waals surface area (Å²) >= 11 is 0. The molecule has 0 saturated heterocycles. The van der Waals surface area contributed by atoms with Gasteiger partial charge in [-0.2, -0.15) is 0 Å². The van der Waals surface area contributed by atoms with E-state index in [-0.39, 0.29) is 6.04 Å². The molecule has 2 nitrogen and oxygen atoms in total. The van der Waals surface area contributed by atoms with Gasteiger partial charge in [0.1, 0.15) is 11.5 Å². The minimum absolute atomic E-state index is 0.0635. The van der Waals surface area contributed by atoms with Crippen LogP contribution in [0.4, 0.5) is 0 Å². The molecule has 1 rings (SSSR count). The van der Waals surface area contributed by atoms with Crippen molar-refractivity contribution in [1.82, 2.24) is 0 Å². The minimum Gasteiger partial charge on any atom is -0.465 e. The van der Waals surface area contributed by atoms with Gasteiger partial charge in [0.25, 0.3) is 0 Å². The van der Waals surface area contributed by atoms with Crippen LogP contribution in [0, 0.1) is 12.8 Å². The maximum atomic E-state index is 6.07. The number of aryl methyl sites for hydroxylation is 1. The smallest absolute Gasteiger partial charge is 0.120 e. The van der Waals surface area contributed by atoms with Crippen LogP contribution in [0.5, 0.6) is 0 Å². The molecule has 0 aliphatic heterocycles. The highest BCUT2D eigenvalue weighted by Gasteiger charge is 2.14. The number of furan rings is 1. The van der Waals surface area contributed by atoms with E-state index in [1.165, 1.54) is 12.8 Å². The first-order chi connectivity index (χ1) is 6.67. The number of rotatable bonds is 5. The summed E-state index contributed by atoms with van der Waals surface area (Å²) < 4.78 is 5.51. The number of hydrogen-bond donors (Lipinski definition) is 1. The zero-order chi connectivity index (χ0) is 10.6. The van der Waals surface area contributed by atoms with Gasteiger partial charge in [-0.1, -0.05) is 26.7 Å². The maximum Gasteiger partial charge on any atom is 0.120 e. The largest absolute Gasteiger partial charge is 0.465 e. The standard InChI is InChI=1S/C12H21NO/c1-4-10(5-2)8-11(13)12-7-6-9(3)14-12/h6-7,10-11H,4-5,8,13H2,1-3H3. The zero-order valence-electron chi connectivity index (χ0n) is 9.42. The Labute approximate surface area is 86.5 Å². The molecule has 0 aliphatic carbocycles. The fraction of sp³-hybridized carbons (Fsp3) is 0.667. The molecule has 0 amide bonds. The van der Waals surface area contributed by atoms with E-state index < -0.39 is 0 Å². The second kappa shape index (κ2) is 5.20. The van der Waals surface area contributed by atoms with Crippen molar-refractivity contribution >= 4 is 0 Å². The molecule has 0 spiro atoms. The zero-order valence-corrected chi connectivity index (χ0v) is 9.42. The van der Waals surface area contributed by atoms with Gasteiger partial charge in [0.2, 0.25) is 0 Å². The molecular formula is C12H21NO. The fourth-order valence-corrected chi connectivity index (χ4v) is 1.75. The molecule has 0 aromatic carbocycles. The first-order valence-corrected chi connectivity index (χ1v) is 5.49. The molecule has 2 heteroatoms. The Morgan fingerprint density at radius 2 is 1.93 bits per heavy atom. The Morgan fingerprint density at radius 1 is 1.29 bits per heavy atom. The van der Waals surface area contributed by atoms with E-state index in [0.717, 1.165) is 23.9 Å². The van der Waals surface area contributed by atoms with Crippen molar-refractivity contribution in [3.05, 3.63) is 23.7 Å². The molecule has 14 heavy (non-hydrogen) atoms. The van der Waals surface area contributed by atoms with Crippen molar-refractivity contribution in [2.75, 3.05) is 0 Å². The molecule has 1 aromatic rings. The molecular weight excluding hydrogens is 174 g/mol. The summed E-state index contributed by atoms with van der Waals surface area (Å²) in [6, 6.07) is 4.03. The van der Waals surface area contributed by atoms with Crippen LogP contribution in [0.1, 0.15) is 50.7 Å². The third-order valence-electron chi connectivity index (χ3n) is 2.87. The average molecular weight is 195 g/mol. The topological polar surface area (TPSA) is 39.2 Å². The summed E-state index contributed by atoms with van der Waals surface area (Å²) in [5.41, 5.74) is 6.07. The predicted octanol–water partition coefficient (Wildman–Crippen LogP) is 3.41. The monoisotopic (exact) mass is 195 g/mol. The van der Waals surface area contributed by atoms with Gasteiger partial charge in [0.15, 0.2) is 0 Å². The van der Waals surface area contributed by atoms with Crippen LogP contribution in [0.3, 0.4) is 0 Å². The lowest BCUT2D eigenvalue weighted by atomic mass is 9.94. The first kappa shape index (κ1) is 11.3. The predicted molar refractivity (Wildman–Crippen MR) is 59.1 cm³/mol. The third-order valence-corrected chi connectivity index (χ3v) is 2.87. The molecule has 0 radical (unpaired) electrons. The Hall–Kier alpha value is -0.760. The van der Waals surface area contributed by atoms with Gasteiger partial charge in [0.05, 0.1) is 6.04 Å². The Balaban J connectivity index is 2.53. The van der Waals surface area contributed by atoms with Crippen LogP contribution in [-0.4, -0.2) is 0 Å². The Bertz CT molecular complexity index is 263. The average Bonchev–Trinajstić information content (AvgIpc) is 2.61. The Morgan fingerprint density at radius 3 is 2.36 bits per heavy atom. The summed E-state index contributed by atoms with van der Waals surface area (Å²) in [4.78, 5) is 0. The molecule has 1 atom stereocenters. The van der Waals surface area contributed by atoms with E-state index in [1.54, 1.807) is 0 Å².